The SMILES string of the molecule is O=C(COC(=O)c1ccc2nccnc2c1)Nc1ccc(-c2ccccc2)cc1. The van der Waals surface area contributed by atoms with Crippen LogP contribution in [-0.4, -0.2) is 28.5 Å². The highest BCUT2D eigenvalue weighted by molar-refractivity contribution is 5.97. The van der Waals surface area contributed by atoms with E-state index in [9.17, 15) is 9.59 Å². The molecule has 1 aromatic heterocycles. The number of benzene rings is 3. The predicted molar refractivity (Wildman–Crippen MR) is 110 cm³/mol. The number of hydrogen-bond acceptors (Lipinski definition) is 5. The molecule has 6 nitrogen and oxygen atoms in total. The molecule has 1 heterocycles. The van der Waals surface area contributed by atoms with E-state index in [-0.39, 0.29) is 6.61 Å². The van der Waals surface area contributed by atoms with Crippen molar-refractivity contribution in [1.29, 1.82) is 0 Å². The van der Waals surface area contributed by atoms with E-state index in [0.717, 1.165) is 11.1 Å². The summed E-state index contributed by atoms with van der Waals surface area (Å²) in [4.78, 5) is 32.6. The van der Waals surface area contributed by atoms with E-state index in [1.54, 1.807) is 30.6 Å². The van der Waals surface area contributed by atoms with Gasteiger partial charge in [0, 0.05) is 18.1 Å². The van der Waals surface area contributed by atoms with Crippen LogP contribution in [0.2, 0.25) is 0 Å². The van der Waals surface area contributed by atoms with Crippen LogP contribution in [0.5, 0.6) is 0 Å². The van der Waals surface area contributed by atoms with Crippen molar-refractivity contribution in [3.05, 3.63) is 90.8 Å². The van der Waals surface area contributed by atoms with Gasteiger partial charge in [-0.15, -0.1) is 0 Å². The molecule has 1 N–H and O–H groups in total. The van der Waals surface area contributed by atoms with Crippen molar-refractivity contribution < 1.29 is 14.3 Å². The first-order chi connectivity index (χ1) is 14.2. The molecule has 0 saturated carbocycles. The van der Waals surface area contributed by atoms with E-state index in [1.807, 2.05) is 54.6 Å². The Labute approximate surface area is 167 Å². The largest absolute Gasteiger partial charge is 0.452 e. The van der Waals surface area contributed by atoms with Crippen molar-refractivity contribution in [1.82, 2.24) is 9.97 Å². The number of nitrogens with zero attached hydrogens (tertiary/aromatic N) is 2. The number of aromatic nitrogens is 2. The highest BCUT2D eigenvalue weighted by atomic mass is 16.5. The van der Waals surface area contributed by atoms with Crippen LogP contribution < -0.4 is 5.32 Å². The lowest BCUT2D eigenvalue weighted by atomic mass is 10.1. The van der Waals surface area contributed by atoms with Crippen LogP contribution in [0.15, 0.2) is 85.2 Å². The number of anilines is 1. The van der Waals surface area contributed by atoms with Gasteiger partial charge in [-0.2, -0.15) is 0 Å². The Bertz CT molecular complexity index is 1160. The van der Waals surface area contributed by atoms with Gasteiger partial charge in [0.15, 0.2) is 6.61 Å². The van der Waals surface area contributed by atoms with Crippen molar-refractivity contribution in [2.24, 2.45) is 0 Å². The molecular formula is C23H17N3O3. The van der Waals surface area contributed by atoms with Crippen LogP contribution in [0, 0.1) is 0 Å². The molecule has 0 radical (unpaired) electrons. The monoisotopic (exact) mass is 383 g/mol. The van der Waals surface area contributed by atoms with Crippen LogP contribution in [0.1, 0.15) is 10.4 Å². The highest BCUT2D eigenvalue weighted by Crippen LogP contribution is 2.21. The first-order valence-electron chi connectivity index (χ1n) is 9.02. The first-order valence-corrected chi connectivity index (χ1v) is 9.02. The minimum Gasteiger partial charge on any atom is -0.452 e. The lowest BCUT2D eigenvalue weighted by Gasteiger charge is -2.08. The van der Waals surface area contributed by atoms with Gasteiger partial charge >= 0.3 is 5.97 Å². The van der Waals surface area contributed by atoms with Gasteiger partial charge in [-0.1, -0.05) is 42.5 Å². The number of esters is 1. The smallest absolute Gasteiger partial charge is 0.338 e. The number of ether oxygens (including phenoxy) is 1. The number of carbonyl (C=O) groups is 2. The predicted octanol–water partition coefficient (Wildman–Crippen LogP) is 4.09. The lowest BCUT2D eigenvalue weighted by molar-refractivity contribution is -0.119. The number of amides is 1. The number of fused-ring (bicyclic) bond motifs is 1. The van der Waals surface area contributed by atoms with Gasteiger partial charge in [0.05, 0.1) is 16.6 Å². The molecular weight excluding hydrogens is 366 g/mol. The summed E-state index contributed by atoms with van der Waals surface area (Å²) in [6.45, 7) is -0.377. The Hall–Kier alpha value is -4.06. The Morgan fingerprint density at radius 3 is 2.24 bits per heavy atom. The number of hydrogen-bond donors (Lipinski definition) is 1. The van der Waals surface area contributed by atoms with Gasteiger partial charge in [-0.25, -0.2) is 4.79 Å². The Kier molecular flexibility index (Phi) is 5.25. The van der Waals surface area contributed by atoms with E-state index in [4.69, 9.17) is 4.74 Å². The third-order valence-electron chi connectivity index (χ3n) is 4.32. The zero-order chi connectivity index (χ0) is 20.1. The fourth-order valence-electron chi connectivity index (χ4n) is 2.88. The van der Waals surface area contributed by atoms with Gasteiger partial charge in [0.1, 0.15) is 0 Å². The summed E-state index contributed by atoms with van der Waals surface area (Å²) in [7, 11) is 0. The fourth-order valence-corrected chi connectivity index (χ4v) is 2.88. The third-order valence-corrected chi connectivity index (χ3v) is 4.32. The second kappa shape index (κ2) is 8.31. The first kappa shape index (κ1) is 18.3. The van der Waals surface area contributed by atoms with Gasteiger partial charge < -0.3 is 10.1 Å². The molecule has 0 saturated heterocycles. The summed E-state index contributed by atoms with van der Waals surface area (Å²) < 4.78 is 5.10. The Balaban J connectivity index is 1.34. The van der Waals surface area contributed by atoms with E-state index in [0.29, 0.717) is 22.3 Å². The topological polar surface area (TPSA) is 81.2 Å². The minimum atomic E-state index is -0.591. The van der Waals surface area contributed by atoms with Crippen LogP contribution in [-0.2, 0) is 9.53 Å². The molecule has 4 rings (SSSR count). The number of nitrogens with one attached hydrogen (secondary N) is 1. The summed E-state index contributed by atoms with van der Waals surface area (Å²) in [6, 6.07) is 22.3. The van der Waals surface area contributed by atoms with E-state index in [1.165, 1.54) is 0 Å². The van der Waals surface area contributed by atoms with Gasteiger partial charge in [-0.05, 0) is 41.5 Å². The zero-order valence-corrected chi connectivity index (χ0v) is 15.4. The second-order valence-corrected chi connectivity index (χ2v) is 6.33. The summed E-state index contributed by atoms with van der Waals surface area (Å²) in [5.74, 6) is -1.00. The van der Waals surface area contributed by atoms with Crippen LogP contribution >= 0.6 is 0 Å². The van der Waals surface area contributed by atoms with Crippen LogP contribution in [0.3, 0.4) is 0 Å². The maximum absolute atomic E-state index is 12.2. The standard InChI is InChI=1S/C23H17N3O3/c27-22(26-19-9-6-17(7-10-19)16-4-2-1-3-5-16)15-29-23(28)18-8-11-20-21(14-18)25-13-12-24-20/h1-14H,15H2,(H,26,27). The molecule has 0 unspecified atom stereocenters. The van der Waals surface area contributed by atoms with Gasteiger partial charge in [0.25, 0.3) is 5.91 Å². The quantitative estimate of drug-likeness (QED) is 0.525. The maximum atomic E-state index is 12.2. The molecule has 0 fully saturated rings. The van der Waals surface area contributed by atoms with Gasteiger partial charge in [0.2, 0.25) is 0 Å². The van der Waals surface area contributed by atoms with Crippen molar-refractivity contribution >= 4 is 28.6 Å². The van der Waals surface area contributed by atoms with E-state index < -0.39 is 11.9 Å². The average Bonchev–Trinajstić information content (AvgIpc) is 2.78. The van der Waals surface area contributed by atoms with E-state index in [2.05, 4.69) is 15.3 Å². The summed E-state index contributed by atoms with van der Waals surface area (Å²) in [5.41, 5.74) is 4.36. The Morgan fingerprint density at radius 1 is 0.793 bits per heavy atom. The zero-order valence-electron chi connectivity index (χ0n) is 15.4. The van der Waals surface area contributed by atoms with E-state index >= 15 is 0 Å². The molecule has 4 aromatic rings. The highest BCUT2D eigenvalue weighted by Gasteiger charge is 2.12. The summed E-state index contributed by atoms with van der Waals surface area (Å²) in [6.07, 6.45) is 3.13. The normalized spacial score (nSPS) is 10.5. The molecule has 6 heteroatoms. The van der Waals surface area contributed by atoms with Gasteiger partial charge in [-0.3, -0.25) is 14.8 Å². The van der Waals surface area contributed by atoms with Crippen molar-refractivity contribution in [2.75, 3.05) is 11.9 Å². The van der Waals surface area contributed by atoms with Crippen molar-refractivity contribution in [2.45, 2.75) is 0 Å². The second-order valence-electron chi connectivity index (χ2n) is 6.33. The van der Waals surface area contributed by atoms with Crippen LogP contribution in [0.4, 0.5) is 5.69 Å². The molecule has 0 bridgehead atoms. The molecule has 0 spiro atoms. The molecule has 0 atom stereocenters. The molecule has 0 aliphatic heterocycles. The minimum absolute atomic E-state index is 0.318. The van der Waals surface area contributed by atoms with Crippen molar-refractivity contribution in [3.8, 4) is 11.1 Å². The molecule has 3 aromatic carbocycles. The van der Waals surface area contributed by atoms with Crippen LogP contribution in [0.25, 0.3) is 22.2 Å². The number of rotatable bonds is 5. The molecule has 0 aliphatic carbocycles. The average molecular weight is 383 g/mol. The molecule has 1 amide bonds. The molecule has 0 aliphatic rings. The van der Waals surface area contributed by atoms with Crippen molar-refractivity contribution in [3.63, 3.8) is 0 Å². The summed E-state index contributed by atoms with van der Waals surface area (Å²) in [5, 5.41) is 2.72. The Morgan fingerprint density at radius 2 is 1.48 bits per heavy atom. The molecule has 29 heavy (non-hydrogen) atoms. The maximum Gasteiger partial charge on any atom is 0.338 e. The molecule has 142 valence electrons. The lowest BCUT2D eigenvalue weighted by Crippen LogP contribution is -2.20. The number of carbonyl (C=O) groups excluding carboxylic acids is 2. The fraction of sp³-hybridized carbons (Fsp3) is 0.0435. The third kappa shape index (κ3) is 4.44. The summed E-state index contributed by atoms with van der Waals surface area (Å²) >= 11 is 0.